The molecule has 0 saturated carbocycles. The molecule has 0 fully saturated rings. The second kappa shape index (κ2) is 9.85. The molecule has 3 heterocycles. The Morgan fingerprint density at radius 2 is 1.91 bits per heavy atom. The molecule has 1 aromatic carbocycles. The van der Waals surface area contributed by atoms with E-state index in [0.717, 1.165) is 66.6 Å². The van der Waals surface area contributed by atoms with Crippen molar-refractivity contribution in [3.63, 3.8) is 0 Å². The van der Waals surface area contributed by atoms with Crippen LogP contribution in [-0.4, -0.2) is 66.4 Å². The summed E-state index contributed by atoms with van der Waals surface area (Å²) >= 11 is 0. The van der Waals surface area contributed by atoms with Crippen LogP contribution in [0.3, 0.4) is 0 Å². The third-order valence-electron chi connectivity index (χ3n) is 6.37. The van der Waals surface area contributed by atoms with Crippen LogP contribution in [0.4, 0.5) is 17.2 Å². The van der Waals surface area contributed by atoms with E-state index in [2.05, 4.69) is 43.1 Å². The highest BCUT2D eigenvalue weighted by molar-refractivity contribution is 6.04. The van der Waals surface area contributed by atoms with E-state index in [9.17, 15) is 9.59 Å². The first-order chi connectivity index (χ1) is 16.3. The normalized spacial score (nSPS) is 12.9. The van der Waals surface area contributed by atoms with Gasteiger partial charge >= 0.3 is 0 Å². The Balaban J connectivity index is 1.61. The van der Waals surface area contributed by atoms with Crippen molar-refractivity contribution in [2.45, 2.75) is 33.6 Å². The number of nitrogens with zero attached hydrogens (tertiary/aromatic N) is 5. The summed E-state index contributed by atoms with van der Waals surface area (Å²) in [6, 6.07) is 9.46. The average molecular weight is 463 g/mol. The van der Waals surface area contributed by atoms with Gasteiger partial charge in [0, 0.05) is 50.7 Å². The number of likely N-dealkylation sites (N-methyl/N-ethyl adjacent to an activating group) is 2. The van der Waals surface area contributed by atoms with Gasteiger partial charge in [0.1, 0.15) is 11.5 Å². The predicted molar refractivity (Wildman–Crippen MR) is 137 cm³/mol. The predicted octanol–water partition coefficient (Wildman–Crippen LogP) is 3.45. The number of carbonyl (C=O) groups is 2. The van der Waals surface area contributed by atoms with Gasteiger partial charge in [0.2, 0.25) is 5.91 Å². The van der Waals surface area contributed by atoms with Gasteiger partial charge in [0.15, 0.2) is 0 Å². The molecule has 180 valence electrons. The summed E-state index contributed by atoms with van der Waals surface area (Å²) in [5, 5.41) is 3.02. The van der Waals surface area contributed by atoms with Crippen molar-refractivity contribution in [3.8, 4) is 0 Å². The average Bonchev–Trinajstić information content (AvgIpc) is 3.40. The first-order valence-corrected chi connectivity index (χ1v) is 11.9. The summed E-state index contributed by atoms with van der Waals surface area (Å²) in [5.74, 6) is 0.925. The number of hydrogen-bond donors (Lipinski definition) is 1. The van der Waals surface area contributed by atoms with Crippen LogP contribution in [-0.2, 0) is 17.6 Å². The Labute approximate surface area is 201 Å². The van der Waals surface area contributed by atoms with Gasteiger partial charge < -0.3 is 20.0 Å². The monoisotopic (exact) mass is 462 g/mol. The quantitative estimate of drug-likeness (QED) is 0.555. The standard InChI is InChI=1S/C26H34N6O2/c1-6-22-26(30(7-2)15-14-29(4)5)32-17-20(8-11-24(32)28-22)25(34)27-21-9-10-23-19(16-21)12-13-31(23)18(3)33/h8-11,16-17H,6-7,12-15H2,1-5H3,(H,27,34). The van der Waals surface area contributed by atoms with Crippen LogP contribution in [0.25, 0.3) is 5.65 Å². The summed E-state index contributed by atoms with van der Waals surface area (Å²) < 4.78 is 2.04. The Morgan fingerprint density at radius 1 is 1.12 bits per heavy atom. The Hall–Kier alpha value is -3.39. The van der Waals surface area contributed by atoms with Crippen molar-refractivity contribution >= 4 is 34.7 Å². The number of carbonyl (C=O) groups excluding carboxylic acids is 2. The summed E-state index contributed by atoms with van der Waals surface area (Å²) in [5.41, 5.74) is 5.19. The topological polar surface area (TPSA) is 73.2 Å². The van der Waals surface area contributed by atoms with Gasteiger partial charge in [-0.1, -0.05) is 6.92 Å². The van der Waals surface area contributed by atoms with E-state index < -0.39 is 0 Å². The van der Waals surface area contributed by atoms with Crippen LogP contribution in [0.2, 0.25) is 0 Å². The van der Waals surface area contributed by atoms with E-state index in [1.165, 1.54) is 0 Å². The number of pyridine rings is 1. The van der Waals surface area contributed by atoms with E-state index >= 15 is 0 Å². The Morgan fingerprint density at radius 3 is 2.59 bits per heavy atom. The number of fused-ring (bicyclic) bond motifs is 2. The summed E-state index contributed by atoms with van der Waals surface area (Å²) in [6.45, 7) is 9.19. The van der Waals surface area contributed by atoms with Crippen molar-refractivity contribution in [1.82, 2.24) is 14.3 Å². The number of nitrogens with one attached hydrogen (secondary N) is 1. The Bertz CT molecular complexity index is 1220. The molecule has 0 bridgehead atoms. The number of anilines is 3. The molecule has 0 atom stereocenters. The zero-order valence-electron chi connectivity index (χ0n) is 20.8. The lowest BCUT2D eigenvalue weighted by Crippen LogP contribution is -2.33. The molecule has 1 aliphatic heterocycles. The molecule has 8 nitrogen and oxygen atoms in total. The van der Waals surface area contributed by atoms with E-state index in [-0.39, 0.29) is 11.8 Å². The van der Waals surface area contributed by atoms with Crippen LogP contribution in [0.15, 0.2) is 36.5 Å². The molecule has 8 heteroatoms. The molecule has 1 N–H and O–H groups in total. The number of amides is 2. The van der Waals surface area contributed by atoms with Gasteiger partial charge in [-0.25, -0.2) is 4.98 Å². The molecule has 34 heavy (non-hydrogen) atoms. The van der Waals surface area contributed by atoms with Crippen LogP contribution in [0, 0.1) is 0 Å². The molecule has 0 saturated heterocycles. The van der Waals surface area contributed by atoms with Crippen molar-refractivity contribution in [3.05, 3.63) is 53.3 Å². The van der Waals surface area contributed by atoms with Crippen molar-refractivity contribution in [1.29, 1.82) is 0 Å². The maximum absolute atomic E-state index is 13.1. The maximum atomic E-state index is 13.1. The second-order valence-corrected chi connectivity index (χ2v) is 8.98. The van der Waals surface area contributed by atoms with E-state index in [1.54, 1.807) is 11.8 Å². The minimum absolute atomic E-state index is 0.0399. The third-order valence-corrected chi connectivity index (χ3v) is 6.37. The zero-order valence-corrected chi connectivity index (χ0v) is 20.8. The van der Waals surface area contributed by atoms with Gasteiger partial charge in [0.25, 0.3) is 5.91 Å². The third kappa shape index (κ3) is 4.63. The largest absolute Gasteiger partial charge is 0.355 e. The fourth-order valence-corrected chi connectivity index (χ4v) is 4.53. The molecule has 2 amide bonds. The lowest BCUT2D eigenvalue weighted by atomic mass is 10.1. The van der Waals surface area contributed by atoms with E-state index in [0.29, 0.717) is 12.1 Å². The fourth-order valence-electron chi connectivity index (χ4n) is 4.53. The number of aryl methyl sites for hydroxylation is 1. The van der Waals surface area contributed by atoms with Crippen LogP contribution < -0.4 is 15.1 Å². The van der Waals surface area contributed by atoms with Crippen molar-refractivity contribution in [2.75, 3.05) is 55.4 Å². The van der Waals surface area contributed by atoms with Gasteiger partial charge in [-0.05, 0) is 69.8 Å². The van der Waals surface area contributed by atoms with Crippen LogP contribution >= 0.6 is 0 Å². The number of hydrogen-bond acceptors (Lipinski definition) is 5. The smallest absolute Gasteiger partial charge is 0.257 e. The van der Waals surface area contributed by atoms with Gasteiger partial charge in [0.05, 0.1) is 11.3 Å². The van der Waals surface area contributed by atoms with Gasteiger partial charge in [-0.2, -0.15) is 0 Å². The Kier molecular flexibility index (Phi) is 6.88. The molecule has 4 rings (SSSR count). The highest BCUT2D eigenvalue weighted by atomic mass is 16.2. The lowest BCUT2D eigenvalue weighted by molar-refractivity contribution is -0.116. The van der Waals surface area contributed by atoms with Gasteiger partial charge in [-0.3, -0.25) is 14.0 Å². The number of imidazole rings is 1. The molecule has 0 aliphatic carbocycles. The summed E-state index contributed by atoms with van der Waals surface area (Å²) in [7, 11) is 4.14. The highest BCUT2D eigenvalue weighted by Gasteiger charge is 2.23. The molecular formula is C26H34N6O2. The first-order valence-electron chi connectivity index (χ1n) is 11.9. The summed E-state index contributed by atoms with van der Waals surface area (Å²) in [6.07, 6.45) is 3.50. The maximum Gasteiger partial charge on any atom is 0.257 e. The fraction of sp³-hybridized carbons (Fsp3) is 0.423. The molecule has 2 aromatic heterocycles. The van der Waals surface area contributed by atoms with Crippen LogP contribution in [0.5, 0.6) is 0 Å². The highest BCUT2D eigenvalue weighted by Crippen LogP contribution is 2.31. The second-order valence-electron chi connectivity index (χ2n) is 8.98. The molecule has 0 radical (unpaired) electrons. The van der Waals surface area contributed by atoms with Crippen LogP contribution in [0.1, 0.15) is 42.4 Å². The molecule has 1 aliphatic rings. The molecule has 3 aromatic rings. The van der Waals surface area contributed by atoms with E-state index in [4.69, 9.17) is 4.98 Å². The lowest BCUT2D eigenvalue weighted by Gasteiger charge is -2.25. The minimum atomic E-state index is -0.169. The van der Waals surface area contributed by atoms with Gasteiger partial charge in [-0.15, -0.1) is 0 Å². The van der Waals surface area contributed by atoms with Crippen molar-refractivity contribution in [2.24, 2.45) is 0 Å². The number of aromatic nitrogens is 2. The first kappa shape index (κ1) is 23.8. The van der Waals surface area contributed by atoms with Crippen molar-refractivity contribution < 1.29 is 9.59 Å². The molecule has 0 unspecified atom stereocenters. The SMILES string of the molecule is CCc1nc2ccc(C(=O)Nc3ccc4c(c3)CCN4C(C)=O)cn2c1N(CC)CCN(C)C. The molecule has 0 spiro atoms. The zero-order chi connectivity index (χ0) is 24.4. The summed E-state index contributed by atoms with van der Waals surface area (Å²) in [4.78, 5) is 36.0. The molecular weight excluding hydrogens is 428 g/mol. The minimum Gasteiger partial charge on any atom is -0.355 e. The van der Waals surface area contributed by atoms with E-state index in [1.807, 2.05) is 40.9 Å². The number of benzene rings is 1. The number of rotatable bonds is 8.